The summed E-state index contributed by atoms with van der Waals surface area (Å²) in [6.45, 7) is 2.89. The minimum absolute atomic E-state index is 0.0195. The van der Waals surface area contributed by atoms with Crippen LogP contribution in [0.4, 0.5) is 13.2 Å². The van der Waals surface area contributed by atoms with Crippen molar-refractivity contribution in [1.29, 1.82) is 10.5 Å². The third kappa shape index (κ3) is 4.89. The second-order valence-electron chi connectivity index (χ2n) is 5.61. The van der Waals surface area contributed by atoms with Crippen LogP contribution in [0.5, 0.6) is 0 Å². The van der Waals surface area contributed by atoms with E-state index in [1.54, 1.807) is 12.1 Å². The average molecular weight is 407 g/mol. The highest BCUT2D eigenvalue weighted by molar-refractivity contribution is 7.07. The zero-order valence-electron chi connectivity index (χ0n) is 14.9. The number of rotatable bonds is 6. The number of halogens is 3. The van der Waals surface area contributed by atoms with Gasteiger partial charge in [0.1, 0.15) is 16.8 Å². The molecule has 0 aliphatic rings. The number of benzene rings is 1. The second kappa shape index (κ2) is 9.36. The van der Waals surface area contributed by atoms with E-state index in [1.807, 2.05) is 6.92 Å². The molecule has 0 aliphatic heterocycles. The Bertz CT molecular complexity index is 1090. The summed E-state index contributed by atoms with van der Waals surface area (Å²) in [4.78, 5) is 12.7. The number of nitriles is 2. The molecule has 2 aromatic rings. The number of alkyl halides is 3. The first-order chi connectivity index (χ1) is 13.3. The van der Waals surface area contributed by atoms with Gasteiger partial charge in [-0.1, -0.05) is 18.2 Å². The molecule has 0 saturated carbocycles. The summed E-state index contributed by atoms with van der Waals surface area (Å²) in [5, 5.41) is 18.3. The Labute approximate surface area is 162 Å². The van der Waals surface area contributed by atoms with E-state index in [4.69, 9.17) is 15.3 Å². The largest absolute Gasteiger partial charge is 0.416 e. The van der Waals surface area contributed by atoms with Crippen LogP contribution < -0.4 is 14.8 Å². The van der Waals surface area contributed by atoms with Crippen LogP contribution in [0.3, 0.4) is 0 Å². The van der Waals surface area contributed by atoms with Crippen LogP contribution in [0.2, 0.25) is 0 Å². The number of aromatic nitrogens is 1. The molecule has 0 N–H and O–H groups in total. The number of hydrogen-bond acceptors (Lipinski definition) is 5. The Hall–Kier alpha value is -2.88. The lowest BCUT2D eigenvalue weighted by atomic mass is 10.1. The van der Waals surface area contributed by atoms with Gasteiger partial charge >= 0.3 is 6.18 Å². The van der Waals surface area contributed by atoms with Crippen molar-refractivity contribution in [3.05, 3.63) is 54.9 Å². The fraction of sp³-hybridized carbons (Fsp3) is 0.316. The van der Waals surface area contributed by atoms with Crippen molar-refractivity contribution in [3.63, 3.8) is 0 Å². The molecule has 0 spiro atoms. The molecule has 0 radical (unpaired) electrons. The predicted molar refractivity (Wildman–Crippen MR) is 98.6 cm³/mol. The SMILES string of the molecule is CCOCCCn1c(=C(C#N)C#N)s/c(=C/c2ccccc2C(F)(F)F)c1=O. The van der Waals surface area contributed by atoms with Crippen molar-refractivity contribution >= 4 is 23.0 Å². The Morgan fingerprint density at radius 3 is 2.57 bits per heavy atom. The first-order valence-corrected chi connectivity index (χ1v) is 9.15. The van der Waals surface area contributed by atoms with Gasteiger partial charge in [-0.15, -0.1) is 11.3 Å². The van der Waals surface area contributed by atoms with E-state index in [0.29, 0.717) is 19.6 Å². The first kappa shape index (κ1) is 21.4. The van der Waals surface area contributed by atoms with E-state index in [9.17, 15) is 18.0 Å². The third-order valence-electron chi connectivity index (χ3n) is 3.77. The summed E-state index contributed by atoms with van der Waals surface area (Å²) in [5.74, 6) is 0. The van der Waals surface area contributed by atoms with E-state index in [0.717, 1.165) is 23.5 Å². The van der Waals surface area contributed by atoms with E-state index < -0.39 is 17.3 Å². The smallest absolute Gasteiger partial charge is 0.382 e. The van der Waals surface area contributed by atoms with Gasteiger partial charge in [0.25, 0.3) is 5.56 Å². The van der Waals surface area contributed by atoms with Gasteiger partial charge in [-0.25, -0.2) is 0 Å². The van der Waals surface area contributed by atoms with Gasteiger partial charge in [-0.05, 0) is 31.1 Å². The minimum atomic E-state index is -4.57. The fourth-order valence-corrected chi connectivity index (χ4v) is 3.59. The molecule has 1 heterocycles. The molecule has 0 unspecified atom stereocenters. The molecule has 0 atom stereocenters. The van der Waals surface area contributed by atoms with Crippen LogP contribution in [0, 0.1) is 22.7 Å². The van der Waals surface area contributed by atoms with Crippen molar-refractivity contribution in [2.75, 3.05) is 13.2 Å². The van der Waals surface area contributed by atoms with E-state index in [-0.39, 0.29) is 26.9 Å². The van der Waals surface area contributed by atoms with Crippen LogP contribution >= 0.6 is 11.3 Å². The Balaban J connectivity index is 2.68. The molecule has 1 aromatic heterocycles. The van der Waals surface area contributed by atoms with Crippen molar-refractivity contribution in [3.8, 4) is 12.1 Å². The monoisotopic (exact) mass is 407 g/mol. The molecule has 1 aromatic carbocycles. The molecule has 0 fully saturated rings. The number of thiazole rings is 1. The van der Waals surface area contributed by atoms with E-state index >= 15 is 0 Å². The molecule has 28 heavy (non-hydrogen) atoms. The number of nitrogens with zero attached hydrogens (tertiary/aromatic N) is 3. The molecule has 0 saturated heterocycles. The van der Waals surface area contributed by atoms with Gasteiger partial charge in [-0.2, -0.15) is 23.7 Å². The van der Waals surface area contributed by atoms with Gasteiger partial charge in [0.05, 0.1) is 10.1 Å². The van der Waals surface area contributed by atoms with Crippen LogP contribution in [0.25, 0.3) is 11.6 Å². The molecular weight excluding hydrogens is 391 g/mol. The lowest BCUT2D eigenvalue weighted by Crippen LogP contribution is -2.32. The van der Waals surface area contributed by atoms with Crippen molar-refractivity contribution in [2.24, 2.45) is 0 Å². The second-order valence-corrected chi connectivity index (χ2v) is 6.64. The molecule has 0 bridgehead atoms. The van der Waals surface area contributed by atoms with Crippen molar-refractivity contribution in [1.82, 2.24) is 4.57 Å². The molecule has 2 rings (SSSR count). The molecule has 0 aliphatic carbocycles. The standard InChI is InChI=1S/C19H16F3N3O2S/c1-2-27-9-5-8-25-17(26)16(28-18(25)14(11-23)12-24)10-13-6-3-4-7-15(13)19(20,21)22/h3-4,6-7,10H,2,5,8-9H2,1H3/b16-10+. The maximum atomic E-state index is 13.2. The summed E-state index contributed by atoms with van der Waals surface area (Å²) < 4.78 is 46.2. The van der Waals surface area contributed by atoms with Crippen LogP contribution in [0.1, 0.15) is 24.5 Å². The van der Waals surface area contributed by atoms with Gasteiger partial charge < -0.3 is 4.74 Å². The van der Waals surface area contributed by atoms with Gasteiger partial charge in [0.15, 0.2) is 5.57 Å². The van der Waals surface area contributed by atoms with Gasteiger partial charge in [0, 0.05) is 19.8 Å². The number of hydrogen-bond donors (Lipinski definition) is 0. The minimum Gasteiger partial charge on any atom is -0.382 e. The van der Waals surface area contributed by atoms with Crippen LogP contribution in [0.15, 0.2) is 29.1 Å². The summed E-state index contributed by atoms with van der Waals surface area (Å²) in [6.07, 6.45) is -2.97. The topological polar surface area (TPSA) is 78.8 Å². The predicted octanol–water partition coefficient (Wildman–Crippen LogP) is 2.38. The zero-order chi connectivity index (χ0) is 20.7. The Kier molecular flexibility index (Phi) is 7.16. The summed E-state index contributed by atoms with van der Waals surface area (Å²) in [6, 6.07) is 8.37. The van der Waals surface area contributed by atoms with Crippen molar-refractivity contribution < 1.29 is 17.9 Å². The Morgan fingerprint density at radius 1 is 1.29 bits per heavy atom. The number of ether oxygens (including phenoxy) is 1. The van der Waals surface area contributed by atoms with Gasteiger partial charge in [-0.3, -0.25) is 9.36 Å². The third-order valence-corrected chi connectivity index (χ3v) is 4.90. The summed E-state index contributed by atoms with van der Waals surface area (Å²) in [7, 11) is 0. The highest BCUT2D eigenvalue weighted by atomic mass is 32.1. The normalized spacial score (nSPS) is 11.9. The van der Waals surface area contributed by atoms with E-state index in [1.165, 1.54) is 22.8 Å². The fourth-order valence-electron chi connectivity index (χ4n) is 2.52. The summed E-state index contributed by atoms with van der Waals surface area (Å²) >= 11 is 0.826. The molecule has 146 valence electrons. The lowest BCUT2D eigenvalue weighted by Gasteiger charge is -2.09. The van der Waals surface area contributed by atoms with Crippen LogP contribution in [-0.2, 0) is 17.5 Å². The van der Waals surface area contributed by atoms with Crippen molar-refractivity contribution in [2.45, 2.75) is 26.1 Å². The van der Waals surface area contributed by atoms with E-state index in [2.05, 4.69) is 0 Å². The molecule has 0 amide bonds. The van der Waals surface area contributed by atoms with Crippen LogP contribution in [-0.4, -0.2) is 17.8 Å². The lowest BCUT2D eigenvalue weighted by molar-refractivity contribution is -0.137. The Morgan fingerprint density at radius 2 is 1.96 bits per heavy atom. The maximum Gasteiger partial charge on any atom is 0.416 e. The highest BCUT2D eigenvalue weighted by Crippen LogP contribution is 2.32. The maximum absolute atomic E-state index is 13.2. The summed E-state index contributed by atoms with van der Waals surface area (Å²) in [5.41, 5.74) is -1.83. The quantitative estimate of drug-likeness (QED) is 0.689. The molecular formula is C19H16F3N3O2S. The van der Waals surface area contributed by atoms with Gasteiger partial charge in [0.2, 0.25) is 0 Å². The molecule has 5 nitrogen and oxygen atoms in total. The zero-order valence-corrected chi connectivity index (χ0v) is 15.7. The first-order valence-electron chi connectivity index (χ1n) is 8.33. The average Bonchev–Trinajstić information content (AvgIpc) is 2.95. The highest BCUT2D eigenvalue weighted by Gasteiger charge is 2.32. The molecule has 9 heteroatoms.